The number of sulfonamides is 1. The van der Waals surface area contributed by atoms with E-state index in [0.717, 1.165) is 31.5 Å². The maximum absolute atomic E-state index is 13.0. The van der Waals surface area contributed by atoms with E-state index in [-0.39, 0.29) is 17.3 Å². The molecular formula is C23H21F5N4O2S. The van der Waals surface area contributed by atoms with Crippen LogP contribution >= 0.6 is 0 Å². The van der Waals surface area contributed by atoms with Crippen molar-refractivity contribution in [1.29, 1.82) is 5.26 Å². The molecule has 1 atom stereocenters. The molecule has 2 aromatic heterocycles. The Morgan fingerprint density at radius 3 is 2.46 bits per heavy atom. The van der Waals surface area contributed by atoms with Crippen molar-refractivity contribution in [2.45, 2.75) is 62.2 Å². The maximum atomic E-state index is 13.0. The van der Waals surface area contributed by atoms with E-state index in [1.165, 1.54) is 6.07 Å². The number of fused-ring (bicyclic) bond motifs is 1. The summed E-state index contributed by atoms with van der Waals surface area (Å²) in [5.74, 6) is 0. The SMILES string of the molecule is C[C@H](NS(=O)(=O)c1ccc(-c2c(C#N)c3ccc(CC(F)F)cc3n2C2CCC2)nc1)C(F)(F)F. The molecule has 1 saturated carbocycles. The van der Waals surface area contributed by atoms with E-state index < -0.39 is 40.0 Å². The summed E-state index contributed by atoms with van der Waals surface area (Å²) >= 11 is 0. The normalized spacial score (nSPS) is 15.8. The molecule has 1 N–H and O–H groups in total. The predicted octanol–water partition coefficient (Wildman–Crippen LogP) is 5.34. The van der Waals surface area contributed by atoms with E-state index in [2.05, 4.69) is 11.1 Å². The topological polar surface area (TPSA) is 87.8 Å². The number of rotatable bonds is 7. The number of pyridine rings is 1. The predicted molar refractivity (Wildman–Crippen MR) is 118 cm³/mol. The van der Waals surface area contributed by atoms with E-state index in [0.29, 0.717) is 29.1 Å². The summed E-state index contributed by atoms with van der Waals surface area (Å²) in [6, 6.07) is 7.11. The van der Waals surface area contributed by atoms with Gasteiger partial charge in [-0.05, 0) is 49.9 Å². The number of halogens is 5. The lowest BCUT2D eigenvalue weighted by atomic mass is 9.92. The first kappa shape index (κ1) is 25.1. The van der Waals surface area contributed by atoms with Crippen LogP contribution in [0.4, 0.5) is 22.0 Å². The van der Waals surface area contributed by atoms with E-state index in [4.69, 9.17) is 0 Å². The van der Waals surface area contributed by atoms with Gasteiger partial charge in [-0.1, -0.05) is 12.1 Å². The van der Waals surface area contributed by atoms with Crippen molar-refractivity contribution in [2.24, 2.45) is 0 Å². The van der Waals surface area contributed by atoms with Gasteiger partial charge < -0.3 is 4.57 Å². The molecule has 1 fully saturated rings. The number of benzene rings is 1. The summed E-state index contributed by atoms with van der Waals surface area (Å²) < 4.78 is 92.6. The van der Waals surface area contributed by atoms with Crippen LogP contribution in [0.25, 0.3) is 22.3 Å². The fraction of sp³-hybridized carbons (Fsp3) is 0.391. The minimum atomic E-state index is -4.75. The minimum Gasteiger partial charge on any atom is -0.335 e. The summed E-state index contributed by atoms with van der Waals surface area (Å²) in [7, 11) is -4.49. The van der Waals surface area contributed by atoms with Gasteiger partial charge in [0, 0.05) is 24.0 Å². The van der Waals surface area contributed by atoms with E-state index >= 15 is 0 Å². The summed E-state index contributed by atoms with van der Waals surface area (Å²) in [6.07, 6.45) is -4.20. The Hall–Kier alpha value is -3.04. The first-order valence-corrected chi connectivity index (χ1v) is 12.3. The van der Waals surface area contributed by atoms with Gasteiger partial charge in [0.2, 0.25) is 16.4 Å². The number of aromatic nitrogens is 2. The van der Waals surface area contributed by atoms with Crippen molar-refractivity contribution in [3.63, 3.8) is 0 Å². The second kappa shape index (κ2) is 9.20. The Bertz CT molecular complexity index is 1390. The van der Waals surface area contributed by atoms with Crippen LogP contribution in [0.1, 0.15) is 43.4 Å². The zero-order valence-corrected chi connectivity index (χ0v) is 19.3. The lowest BCUT2D eigenvalue weighted by Crippen LogP contribution is -2.42. The van der Waals surface area contributed by atoms with Gasteiger partial charge >= 0.3 is 6.18 Å². The summed E-state index contributed by atoms with van der Waals surface area (Å²) in [5, 5.41) is 10.5. The molecule has 0 aliphatic heterocycles. The van der Waals surface area contributed by atoms with E-state index in [1.54, 1.807) is 22.9 Å². The Labute approximate surface area is 198 Å². The van der Waals surface area contributed by atoms with Gasteiger partial charge in [-0.2, -0.15) is 23.2 Å². The van der Waals surface area contributed by atoms with Crippen LogP contribution in [0.5, 0.6) is 0 Å². The smallest absolute Gasteiger partial charge is 0.335 e. The second-order valence-electron chi connectivity index (χ2n) is 8.50. The Balaban J connectivity index is 1.80. The van der Waals surface area contributed by atoms with Gasteiger partial charge in [0.15, 0.2) is 0 Å². The molecule has 0 amide bonds. The Morgan fingerprint density at radius 1 is 1.23 bits per heavy atom. The van der Waals surface area contributed by atoms with Crippen LogP contribution in [0.3, 0.4) is 0 Å². The van der Waals surface area contributed by atoms with Crippen LogP contribution in [0.15, 0.2) is 41.4 Å². The van der Waals surface area contributed by atoms with Gasteiger partial charge in [-0.25, -0.2) is 17.2 Å². The lowest BCUT2D eigenvalue weighted by Gasteiger charge is -2.30. The van der Waals surface area contributed by atoms with Crippen LogP contribution < -0.4 is 4.72 Å². The standard InChI is InChI=1S/C23H21F5N4O2S/c1-13(23(26,27)28)31-35(33,34)16-6-8-19(30-12-16)22-18(11-29)17-7-5-14(10-21(24)25)9-20(17)32(22)15-3-2-4-15/h5-9,12-13,15,21,31H,2-4,10H2,1H3/t13-/m0/s1. The molecule has 6 nitrogen and oxygen atoms in total. The zero-order chi connectivity index (χ0) is 25.5. The van der Waals surface area contributed by atoms with Crippen molar-refractivity contribution in [3.05, 3.63) is 47.7 Å². The molecule has 3 aromatic rings. The van der Waals surface area contributed by atoms with Crippen LogP contribution in [0, 0.1) is 11.3 Å². The highest BCUT2D eigenvalue weighted by molar-refractivity contribution is 7.89. The molecule has 0 saturated heterocycles. The lowest BCUT2D eigenvalue weighted by molar-refractivity contribution is -0.147. The van der Waals surface area contributed by atoms with Gasteiger partial charge in [-0.15, -0.1) is 0 Å². The molecule has 0 unspecified atom stereocenters. The van der Waals surface area contributed by atoms with Crippen LogP contribution in [-0.2, 0) is 16.4 Å². The molecule has 1 aliphatic rings. The zero-order valence-electron chi connectivity index (χ0n) is 18.5. The highest BCUT2D eigenvalue weighted by Crippen LogP contribution is 2.42. The highest BCUT2D eigenvalue weighted by Gasteiger charge is 2.39. The molecule has 35 heavy (non-hydrogen) atoms. The van der Waals surface area contributed by atoms with Crippen molar-refractivity contribution in [3.8, 4) is 17.5 Å². The summed E-state index contributed by atoms with van der Waals surface area (Å²) in [5.41, 5.74) is 1.96. The third-order valence-electron chi connectivity index (χ3n) is 6.12. The van der Waals surface area contributed by atoms with Gasteiger partial charge in [0.1, 0.15) is 17.0 Å². The highest BCUT2D eigenvalue weighted by atomic mass is 32.2. The first-order chi connectivity index (χ1) is 16.4. The number of alkyl halides is 5. The Morgan fingerprint density at radius 2 is 1.94 bits per heavy atom. The molecule has 2 heterocycles. The quantitative estimate of drug-likeness (QED) is 0.433. The molecule has 0 bridgehead atoms. The molecule has 1 aromatic carbocycles. The maximum Gasteiger partial charge on any atom is 0.404 e. The number of nitrogens with one attached hydrogen (secondary N) is 1. The minimum absolute atomic E-state index is 0.0101. The van der Waals surface area contributed by atoms with Crippen molar-refractivity contribution in [2.75, 3.05) is 0 Å². The molecule has 0 radical (unpaired) electrons. The van der Waals surface area contributed by atoms with Crippen molar-refractivity contribution >= 4 is 20.9 Å². The fourth-order valence-corrected chi connectivity index (χ4v) is 5.27. The van der Waals surface area contributed by atoms with Crippen molar-refractivity contribution < 1.29 is 30.4 Å². The number of hydrogen-bond acceptors (Lipinski definition) is 4. The van der Waals surface area contributed by atoms with Gasteiger partial charge in [0.25, 0.3) is 0 Å². The average Bonchev–Trinajstić information content (AvgIpc) is 3.04. The molecule has 0 spiro atoms. The summed E-state index contributed by atoms with van der Waals surface area (Å²) in [6.45, 7) is 0.692. The number of hydrogen-bond donors (Lipinski definition) is 1. The Kier molecular flexibility index (Phi) is 6.59. The first-order valence-electron chi connectivity index (χ1n) is 10.8. The third kappa shape index (κ3) is 4.88. The largest absolute Gasteiger partial charge is 0.404 e. The number of nitrogens with zero attached hydrogens (tertiary/aromatic N) is 3. The van der Waals surface area contributed by atoms with Crippen molar-refractivity contribution in [1.82, 2.24) is 14.3 Å². The number of nitriles is 1. The van der Waals surface area contributed by atoms with Crippen LogP contribution in [-0.4, -0.2) is 36.6 Å². The third-order valence-corrected chi connectivity index (χ3v) is 7.65. The van der Waals surface area contributed by atoms with E-state index in [1.807, 2.05) is 4.57 Å². The molecule has 12 heteroatoms. The fourth-order valence-electron chi connectivity index (χ4n) is 4.10. The average molecular weight is 513 g/mol. The summed E-state index contributed by atoms with van der Waals surface area (Å²) in [4.78, 5) is 3.71. The molecule has 4 rings (SSSR count). The van der Waals surface area contributed by atoms with Crippen LogP contribution in [0.2, 0.25) is 0 Å². The van der Waals surface area contributed by atoms with Gasteiger partial charge in [-0.3, -0.25) is 4.98 Å². The molecule has 1 aliphatic carbocycles. The molecule has 186 valence electrons. The molecular weight excluding hydrogens is 491 g/mol. The van der Waals surface area contributed by atoms with Gasteiger partial charge in [0.05, 0.1) is 22.5 Å². The second-order valence-corrected chi connectivity index (χ2v) is 10.2. The monoisotopic (exact) mass is 512 g/mol. The van der Waals surface area contributed by atoms with E-state index in [9.17, 15) is 35.6 Å².